The minimum absolute atomic E-state index is 0.107. The maximum Gasteiger partial charge on any atom is 0.232 e. The van der Waals surface area contributed by atoms with Crippen LogP contribution in [0, 0.1) is 24.7 Å². The second-order valence-electron chi connectivity index (χ2n) is 5.15. The van der Waals surface area contributed by atoms with Crippen molar-refractivity contribution >= 4 is 15.7 Å². The number of rotatable bonds is 5. The van der Waals surface area contributed by atoms with Gasteiger partial charge in [-0.05, 0) is 43.0 Å². The summed E-state index contributed by atoms with van der Waals surface area (Å²) in [6, 6.07) is 5.27. The number of nitrogens with one attached hydrogen (secondary N) is 1. The van der Waals surface area contributed by atoms with Gasteiger partial charge in [0.25, 0.3) is 0 Å². The van der Waals surface area contributed by atoms with Gasteiger partial charge < -0.3 is 5.11 Å². The van der Waals surface area contributed by atoms with E-state index in [1.54, 1.807) is 12.1 Å². The predicted molar refractivity (Wildman–Crippen MR) is 82.0 cm³/mol. The van der Waals surface area contributed by atoms with Crippen LogP contribution in [0.2, 0.25) is 0 Å². The first-order valence-electron chi connectivity index (χ1n) is 6.54. The van der Waals surface area contributed by atoms with Crippen LogP contribution in [0.1, 0.15) is 31.4 Å². The van der Waals surface area contributed by atoms with Gasteiger partial charge in [-0.1, -0.05) is 25.7 Å². The number of aliphatic hydroxyl groups is 1. The van der Waals surface area contributed by atoms with Gasteiger partial charge in [0.05, 0.1) is 5.75 Å². The highest BCUT2D eigenvalue weighted by Crippen LogP contribution is 2.16. The van der Waals surface area contributed by atoms with Gasteiger partial charge in [0.15, 0.2) is 0 Å². The Morgan fingerprint density at radius 3 is 2.60 bits per heavy atom. The molecular weight excluding hydrogens is 274 g/mol. The first-order chi connectivity index (χ1) is 9.32. The van der Waals surface area contributed by atoms with Gasteiger partial charge in [-0.15, -0.1) is 0 Å². The van der Waals surface area contributed by atoms with Crippen molar-refractivity contribution in [1.29, 1.82) is 0 Å². The van der Waals surface area contributed by atoms with E-state index in [0.29, 0.717) is 23.6 Å². The monoisotopic (exact) mass is 295 g/mol. The molecule has 0 spiro atoms. The van der Waals surface area contributed by atoms with Crippen molar-refractivity contribution in [1.82, 2.24) is 0 Å². The summed E-state index contributed by atoms with van der Waals surface area (Å²) in [7, 11) is -3.33. The minimum atomic E-state index is -3.33. The summed E-state index contributed by atoms with van der Waals surface area (Å²) in [5.74, 6) is 5.78. The normalized spacial score (nSPS) is 11.1. The Hall–Kier alpha value is -1.51. The molecule has 1 aromatic carbocycles. The van der Waals surface area contributed by atoms with Crippen LogP contribution in [0.4, 0.5) is 5.69 Å². The molecule has 5 heteroatoms. The molecule has 0 heterocycles. The highest BCUT2D eigenvalue weighted by atomic mass is 32.2. The predicted octanol–water partition coefficient (Wildman–Crippen LogP) is 2.13. The highest BCUT2D eigenvalue weighted by molar-refractivity contribution is 7.92. The van der Waals surface area contributed by atoms with Gasteiger partial charge in [0, 0.05) is 11.3 Å². The molecule has 0 amide bonds. The Morgan fingerprint density at radius 2 is 2.00 bits per heavy atom. The molecule has 0 aliphatic rings. The van der Waals surface area contributed by atoms with E-state index in [-0.39, 0.29) is 12.4 Å². The zero-order chi connectivity index (χ0) is 15.2. The zero-order valence-electron chi connectivity index (χ0n) is 12.1. The smallest absolute Gasteiger partial charge is 0.232 e. The third-order valence-electron chi connectivity index (χ3n) is 2.63. The van der Waals surface area contributed by atoms with Gasteiger partial charge in [0.1, 0.15) is 6.61 Å². The van der Waals surface area contributed by atoms with Gasteiger partial charge >= 0.3 is 0 Å². The van der Waals surface area contributed by atoms with E-state index < -0.39 is 10.0 Å². The second kappa shape index (κ2) is 7.32. The number of benzene rings is 1. The van der Waals surface area contributed by atoms with Crippen molar-refractivity contribution in [2.75, 3.05) is 17.1 Å². The molecule has 0 aromatic heterocycles. The van der Waals surface area contributed by atoms with E-state index >= 15 is 0 Å². The largest absolute Gasteiger partial charge is 0.384 e. The number of sulfonamides is 1. The van der Waals surface area contributed by atoms with E-state index in [1.165, 1.54) is 0 Å². The van der Waals surface area contributed by atoms with Crippen LogP contribution < -0.4 is 4.72 Å². The lowest BCUT2D eigenvalue weighted by Gasteiger charge is -2.10. The fraction of sp³-hybridized carbons (Fsp3) is 0.467. The van der Waals surface area contributed by atoms with Crippen molar-refractivity contribution in [2.45, 2.75) is 27.2 Å². The van der Waals surface area contributed by atoms with E-state index in [4.69, 9.17) is 5.11 Å². The molecule has 0 unspecified atom stereocenters. The fourth-order valence-corrected chi connectivity index (χ4v) is 3.04. The van der Waals surface area contributed by atoms with Crippen molar-refractivity contribution in [3.63, 3.8) is 0 Å². The Bertz CT molecular complexity index is 610. The number of hydrogen-bond donors (Lipinski definition) is 2. The Kier molecular flexibility index (Phi) is 6.05. The molecule has 0 saturated carbocycles. The molecule has 0 radical (unpaired) electrons. The summed E-state index contributed by atoms with van der Waals surface area (Å²) in [5.41, 5.74) is 2.10. The van der Waals surface area contributed by atoms with Crippen LogP contribution in [0.3, 0.4) is 0 Å². The quantitative estimate of drug-likeness (QED) is 0.818. The van der Waals surface area contributed by atoms with E-state index in [2.05, 4.69) is 16.6 Å². The lowest BCUT2D eigenvalue weighted by atomic mass is 10.1. The standard InChI is InChI=1S/C15H21NO3S/c1-12(2)6-8-20(18,19)16-15-10-13(3)9-14(11-15)5-4-7-17/h9-12,16-17H,6-8H2,1-3H3. The van der Waals surface area contributed by atoms with Crippen LogP contribution in [-0.2, 0) is 10.0 Å². The summed E-state index contributed by atoms with van der Waals surface area (Å²) in [6.07, 6.45) is 0.623. The molecular formula is C15H21NO3S. The molecule has 0 fully saturated rings. The van der Waals surface area contributed by atoms with E-state index in [0.717, 1.165) is 5.56 Å². The van der Waals surface area contributed by atoms with Crippen molar-refractivity contribution in [3.8, 4) is 11.8 Å². The zero-order valence-corrected chi connectivity index (χ0v) is 12.9. The SMILES string of the molecule is Cc1cc(C#CCO)cc(NS(=O)(=O)CCC(C)C)c1. The molecule has 4 nitrogen and oxygen atoms in total. The van der Waals surface area contributed by atoms with Gasteiger partial charge in [-0.25, -0.2) is 8.42 Å². The summed E-state index contributed by atoms with van der Waals surface area (Å²) in [4.78, 5) is 0. The number of aliphatic hydroxyl groups excluding tert-OH is 1. The maximum atomic E-state index is 12.0. The summed E-state index contributed by atoms with van der Waals surface area (Å²) < 4.78 is 26.5. The maximum absolute atomic E-state index is 12.0. The summed E-state index contributed by atoms with van der Waals surface area (Å²) in [6.45, 7) is 5.63. The lowest BCUT2D eigenvalue weighted by molar-refractivity contribution is 0.350. The van der Waals surface area contributed by atoms with E-state index in [9.17, 15) is 8.42 Å². The molecule has 1 aromatic rings. The summed E-state index contributed by atoms with van der Waals surface area (Å²) >= 11 is 0. The van der Waals surface area contributed by atoms with Crippen LogP contribution in [0.15, 0.2) is 18.2 Å². The molecule has 0 aliphatic carbocycles. The van der Waals surface area contributed by atoms with Crippen LogP contribution in [0.25, 0.3) is 0 Å². The average molecular weight is 295 g/mol. The first kappa shape index (κ1) is 16.5. The Labute approximate surface area is 121 Å². The Balaban J connectivity index is 2.89. The Morgan fingerprint density at radius 1 is 1.30 bits per heavy atom. The highest BCUT2D eigenvalue weighted by Gasteiger charge is 2.11. The van der Waals surface area contributed by atoms with Crippen LogP contribution >= 0.6 is 0 Å². The van der Waals surface area contributed by atoms with Crippen molar-refractivity contribution < 1.29 is 13.5 Å². The summed E-state index contributed by atoms with van der Waals surface area (Å²) in [5, 5.41) is 8.69. The number of aryl methyl sites for hydroxylation is 1. The third kappa shape index (κ3) is 6.09. The molecule has 2 N–H and O–H groups in total. The molecule has 1 rings (SSSR count). The number of hydrogen-bond acceptors (Lipinski definition) is 3. The fourth-order valence-electron chi connectivity index (χ4n) is 1.68. The average Bonchev–Trinajstić information content (AvgIpc) is 2.33. The van der Waals surface area contributed by atoms with Crippen molar-refractivity contribution in [2.24, 2.45) is 5.92 Å². The lowest BCUT2D eigenvalue weighted by Crippen LogP contribution is -2.18. The van der Waals surface area contributed by atoms with E-state index in [1.807, 2.05) is 26.8 Å². The molecule has 0 saturated heterocycles. The third-order valence-corrected chi connectivity index (χ3v) is 3.95. The topological polar surface area (TPSA) is 66.4 Å². The van der Waals surface area contributed by atoms with Crippen LogP contribution in [-0.4, -0.2) is 25.9 Å². The molecule has 0 bridgehead atoms. The molecule has 0 atom stereocenters. The first-order valence-corrected chi connectivity index (χ1v) is 8.19. The minimum Gasteiger partial charge on any atom is -0.384 e. The molecule has 20 heavy (non-hydrogen) atoms. The molecule has 110 valence electrons. The van der Waals surface area contributed by atoms with Crippen LogP contribution in [0.5, 0.6) is 0 Å². The van der Waals surface area contributed by atoms with Gasteiger partial charge in [0.2, 0.25) is 10.0 Å². The van der Waals surface area contributed by atoms with Gasteiger partial charge in [-0.2, -0.15) is 0 Å². The number of anilines is 1. The van der Waals surface area contributed by atoms with Gasteiger partial charge in [-0.3, -0.25) is 4.72 Å². The molecule has 0 aliphatic heterocycles. The van der Waals surface area contributed by atoms with Crippen molar-refractivity contribution in [3.05, 3.63) is 29.3 Å². The second-order valence-corrected chi connectivity index (χ2v) is 6.99.